The molecule has 0 saturated heterocycles. The molecule has 0 bridgehead atoms. The first kappa shape index (κ1) is 10.9. The molecule has 4 heteroatoms. The van der Waals surface area contributed by atoms with Crippen molar-refractivity contribution in [2.75, 3.05) is 14.2 Å². The van der Waals surface area contributed by atoms with Crippen LogP contribution >= 0.6 is 12.6 Å². The van der Waals surface area contributed by atoms with E-state index in [4.69, 9.17) is 9.47 Å². The standard InChI is InChI=1S/C10H12O3S/c1-6-4-7(10(11)14)9(13-3)8(5-6)12-2/h4-5H,1-3H3,(H,11,14). The monoisotopic (exact) mass is 212 g/mol. The number of hydrogen-bond donors (Lipinski definition) is 1. The summed E-state index contributed by atoms with van der Waals surface area (Å²) in [6.45, 7) is 1.88. The molecule has 0 unspecified atom stereocenters. The molecule has 0 aliphatic rings. The van der Waals surface area contributed by atoms with Crippen LogP contribution in [-0.2, 0) is 0 Å². The highest BCUT2D eigenvalue weighted by molar-refractivity contribution is 7.97. The van der Waals surface area contributed by atoms with E-state index in [1.54, 1.807) is 12.1 Å². The Kier molecular flexibility index (Phi) is 3.41. The Labute approximate surface area is 88.4 Å². The molecule has 76 valence electrons. The normalized spacial score (nSPS) is 9.71. The van der Waals surface area contributed by atoms with Crippen molar-refractivity contribution in [3.05, 3.63) is 23.3 Å². The minimum absolute atomic E-state index is 0.330. The Morgan fingerprint density at radius 2 is 1.93 bits per heavy atom. The van der Waals surface area contributed by atoms with Crippen LogP contribution < -0.4 is 9.47 Å². The summed E-state index contributed by atoms with van der Waals surface area (Å²) < 4.78 is 10.2. The number of carbonyl (C=O) groups is 1. The van der Waals surface area contributed by atoms with Crippen molar-refractivity contribution in [2.24, 2.45) is 0 Å². The molecule has 0 heterocycles. The molecule has 3 nitrogen and oxygen atoms in total. The maximum Gasteiger partial charge on any atom is 0.220 e. The van der Waals surface area contributed by atoms with E-state index in [9.17, 15) is 4.79 Å². The third-order valence-corrected chi connectivity index (χ3v) is 2.09. The second-order valence-electron chi connectivity index (χ2n) is 2.85. The van der Waals surface area contributed by atoms with Gasteiger partial charge in [0, 0.05) is 0 Å². The first-order valence-corrected chi connectivity index (χ1v) is 4.50. The van der Waals surface area contributed by atoms with Gasteiger partial charge < -0.3 is 9.47 Å². The van der Waals surface area contributed by atoms with Gasteiger partial charge in [0.15, 0.2) is 11.5 Å². The highest BCUT2D eigenvalue weighted by atomic mass is 32.1. The molecule has 0 N–H and O–H groups in total. The SMILES string of the molecule is COc1cc(C)cc(C(=O)S)c1OC. The van der Waals surface area contributed by atoms with Crippen LogP contribution in [0.4, 0.5) is 0 Å². The van der Waals surface area contributed by atoms with Crippen LogP contribution in [-0.4, -0.2) is 19.3 Å². The van der Waals surface area contributed by atoms with Gasteiger partial charge >= 0.3 is 0 Å². The molecule has 0 aliphatic carbocycles. The molecule has 0 radical (unpaired) electrons. The molecule has 0 spiro atoms. The number of aryl methyl sites for hydroxylation is 1. The highest BCUT2D eigenvalue weighted by Gasteiger charge is 2.14. The number of hydrogen-bond acceptors (Lipinski definition) is 3. The van der Waals surface area contributed by atoms with Gasteiger partial charge in [-0.05, 0) is 24.6 Å². The maximum absolute atomic E-state index is 11.2. The second-order valence-corrected chi connectivity index (χ2v) is 3.26. The zero-order valence-corrected chi connectivity index (χ0v) is 9.22. The van der Waals surface area contributed by atoms with E-state index in [1.165, 1.54) is 14.2 Å². The summed E-state index contributed by atoms with van der Waals surface area (Å²) in [6.07, 6.45) is 0. The van der Waals surface area contributed by atoms with Gasteiger partial charge in [0.05, 0.1) is 19.8 Å². The Morgan fingerprint density at radius 3 is 2.36 bits per heavy atom. The Balaban J connectivity index is 3.39. The molecular formula is C10H12O3S. The summed E-state index contributed by atoms with van der Waals surface area (Å²) in [6, 6.07) is 3.52. The molecular weight excluding hydrogens is 200 g/mol. The van der Waals surface area contributed by atoms with Crippen molar-refractivity contribution in [1.82, 2.24) is 0 Å². The van der Waals surface area contributed by atoms with Gasteiger partial charge in [-0.2, -0.15) is 0 Å². The number of thiol groups is 1. The Morgan fingerprint density at radius 1 is 1.29 bits per heavy atom. The number of rotatable bonds is 3. The van der Waals surface area contributed by atoms with Crippen LogP contribution in [0.25, 0.3) is 0 Å². The lowest BCUT2D eigenvalue weighted by Gasteiger charge is -2.11. The molecule has 14 heavy (non-hydrogen) atoms. The Hall–Kier alpha value is -1.16. The molecule has 1 aromatic rings. The largest absolute Gasteiger partial charge is 0.493 e. The van der Waals surface area contributed by atoms with Crippen LogP contribution in [0.2, 0.25) is 0 Å². The van der Waals surface area contributed by atoms with E-state index in [1.807, 2.05) is 6.92 Å². The van der Waals surface area contributed by atoms with E-state index < -0.39 is 0 Å². The lowest BCUT2D eigenvalue weighted by Crippen LogP contribution is -1.99. The topological polar surface area (TPSA) is 35.5 Å². The van der Waals surface area contributed by atoms with E-state index in [-0.39, 0.29) is 5.12 Å². The van der Waals surface area contributed by atoms with E-state index in [2.05, 4.69) is 12.6 Å². The Bertz CT molecular complexity index is 361. The van der Waals surface area contributed by atoms with Gasteiger partial charge in [0.1, 0.15) is 0 Å². The van der Waals surface area contributed by atoms with Crippen molar-refractivity contribution in [1.29, 1.82) is 0 Å². The van der Waals surface area contributed by atoms with E-state index in [0.717, 1.165) is 5.56 Å². The minimum atomic E-state index is -0.330. The van der Waals surface area contributed by atoms with Gasteiger partial charge in [0.25, 0.3) is 0 Å². The smallest absolute Gasteiger partial charge is 0.220 e. The van der Waals surface area contributed by atoms with Crippen LogP contribution in [0, 0.1) is 6.92 Å². The van der Waals surface area contributed by atoms with Crippen molar-refractivity contribution in [3.8, 4) is 11.5 Å². The molecule has 0 aromatic heterocycles. The average molecular weight is 212 g/mol. The molecule has 0 saturated carbocycles. The third kappa shape index (κ3) is 2.01. The zero-order chi connectivity index (χ0) is 10.7. The van der Waals surface area contributed by atoms with Crippen molar-refractivity contribution < 1.29 is 14.3 Å². The molecule has 1 aromatic carbocycles. The van der Waals surface area contributed by atoms with E-state index >= 15 is 0 Å². The molecule has 0 atom stereocenters. The summed E-state index contributed by atoms with van der Waals surface area (Å²) in [5.74, 6) is 0.975. The maximum atomic E-state index is 11.2. The number of ether oxygens (including phenoxy) is 2. The third-order valence-electron chi connectivity index (χ3n) is 1.85. The van der Waals surface area contributed by atoms with Crippen LogP contribution in [0.3, 0.4) is 0 Å². The van der Waals surface area contributed by atoms with Gasteiger partial charge in [-0.15, -0.1) is 12.6 Å². The summed E-state index contributed by atoms with van der Waals surface area (Å²) in [7, 11) is 3.03. The predicted octanol–water partition coefficient (Wildman–Crippen LogP) is 2.08. The quantitative estimate of drug-likeness (QED) is 0.779. The highest BCUT2D eigenvalue weighted by Crippen LogP contribution is 2.33. The lowest BCUT2D eigenvalue weighted by atomic mass is 10.1. The minimum Gasteiger partial charge on any atom is -0.493 e. The van der Waals surface area contributed by atoms with Crippen molar-refractivity contribution in [2.45, 2.75) is 6.92 Å². The van der Waals surface area contributed by atoms with Gasteiger partial charge in [-0.3, -0.25) is 4.79 Å². The van der Waals surface area contributed by atoms with Gasteiger partial charge in [-0.25, -0.2) is 0 Å². The zero-order valence-electron chi connectivity index (χ0n) is 8.33. The molecule has 1 rings (SSSR count). The summed E-state index contributed by atoms with van der Waals surface area (Å²) in [5, 5.41) is -0.330. The number of methoxy groups -OCH3 is 2. The second kappa shape index (κ2) is 4.37. The summed E-state index contributed by atoms with van der Waals surface area (Å²) in [5.41, 5.74) is 1.35. The van der Waals surface area contributed by atoms with Crippen molar-refractivity contribution >= 4 is 17.7 Å². The van der Waals surface area contributed by atoms with Gasteiger partial charge in [-0.1, -0.05) is 0 Å². The van der Waals surface area contributed by atoms with E-state index in [0.29, 0.717) is 17.1 Å². The molecule has 0 amide bonds. The van der Waals surface area contributed by atoms with Crippen molar-refractivity contribution in [3.63, 3.8) is 0 Å². The number of benzene rings is 1. The van der Waals surface area contributed by atoms with Crippen LogP contribution in [0.15, 0.2) is 12.1 Å². The average Bonchev–Trinajstić information content (AvgIpc) is 2.16. The van der Waals surface area contributed by atoms with Gasteiger partial charge in [0.2, 0.25) is 5.12 Å². The summed E-state index contributed by atoms with van der Waals surface area (Å²) >= 11 is 3.77. The molecule has 0 aliphatic heterocycles. The fourth-order valence-corrected chi connectivity index (χ4v) is 1.43. The van der Waals surface area contributed by atoms with Crippen LogP contribution in [0.5, 0.6) is 11.5 Å². The lowest BCUT2D eigenvalue weighted by molar-refractivity contribution is 0.108. The fraction of sp³-hybridized carbons (Fsp3) is 0.300. The summed E-state index contributed by atoms with van der Waals surface area (Å²) in [4.78, 5) is 11.2. The first-order valence-electron chi connectivity index (χ1n) is 4.06. The fourth-order valence-electron chi connectivity index (χ4n) is 1.26. The van der Waals surface area contributed by atoms with Crippen LogP contribution in [0.1, 0.15) is 15.9 Å². The molecule has 0 fully saturated rings. The predicted molar refractivity (Wildman–Crippen MR) is 57.6 cm³/mol. The first-order chi connectivity index (χ1) is 6.60. The number of carbonyl (C=O) groups excluding carboxylic acids is 1.